The number of pyridine rings is 1. The highest BCUT2D eigenvalue weighted by molar-refractivity contribution is 7.99. The smallest absolute Gasteiger partial charge is 0.230 e. The van der Waals surface area contributed by atoms with Crippen molar-refractivity contribution in [2.45, 2.75) is 62.4 Å². The molecule has 0 unspecified atom stereocenters. The van der Waals surface area contributed by atoms with Crippen molar-refractivity contribution in [3.63, 3.8) is 0 Å². The van der Waals surface area contributed by atoms with Gasteiger partial charge in [0.05, 0.1) is 11.8 Å². The summed E-state index contributed by atoms with van der Waals surface area (Å²) in [5.41, 5.74) is 0.981. The Bertz CT molecular complexity index is 757. The molecule has 0 spiro atoms. The minimum atomic E-state index is -0.0459. The molecule has 2 aromatic rings. The van der Waals surface area contributed by atoms with Crippen molar-refractivity contribution in [1.29, 1.82) is 0 Å². The topological polar surface area (TPSA) is 94.8 Å². The van der Waals surface area contributed by atoms with E-state index in [1.165, 1.54) is 24.6 Å². The van der Waals surface area contributed by atoms with Crippen LogP contribution in [0.2, 0.25) is 0 Å². The van der Waals surface area contributed by atoms with E-state index in [1.807, 2.05) is 16.8 Å². The van der Waals surface area contributed by atoms with Crippen molar-refractivity contribution in [3.8, 4) is 5.88 Å². The zero-order chi connectivity index (χ0) is 17.8. The van der Waals surface area contributed by atoms with Crippen LogP contribution >= 0.6 is 11.8 Å². The molecule has 0 radical (unpaired) electrons. The predicted molar refractivity (Wildman–Crippen MR) is 95.8 cm³/mol. The number of tetrazole rings is 1. The average molecular weight is 374 g/mol. The summed E-state index contributed by atoms with van der Waals surface area (Å²) < 4.78 is 7.72. The second-order valence-corrected chi connectivity index (χ2v) is 7.67. The van der Waals surface area contributed by atoms with Gasteiger partial charge in [0.2, 0.25) is 16.9 Å². The van der Waals surface area contributed by atoms with Crippen LogP contribution in [0.3, 0.4) is 0 Å². The third-order valence-corrected chi connectivity index (χ3v) is 5.50. The van der Waals surface area contributed by atoms with Crippen LogP contribution in [0.1, 0.15) is 50.1 Å². The van der Waals surface area contributed by atoms with E-state index in [9.17, 15) is 4.79 Å². The van der Waals surface area contributed by atoms with Crippen LogP contribution in [0.5, 0.6) is 5.88 Å². The third kappa shape index (κ3) is 4.51. The number of thioether (sulfide) groups is 1. The number of carbonyl (C=O) groups is 1. The molecule has 1 N–H and O–H groups in total. The number of rotatable bonds is 8. The number of hydrogen-bond acceptors (Lipinski definition) is 7. The first-order chi connectivity index (χ1) is 12.8. The number of amides is 1. The molecule has 0 saturated heterocycles. The predicted octanol–water partition coefficient (Wildman–Crippen LogP) is 2.13. The van der Waals surface area contributed by atoms with Gasteiger partial charge in [-0.3, -0.25) is 4.79 Å². The lowest BCUT2D eigenvalue weighted by Crippen LogP contribution is -2.25. The summed E-state index contributed by atoms with van der Waals surface area (Å²) in [6.07, 6.45) is 8.87. The Kier molecular flexibility index (Phi) is 5.33. The number of carbonyl (C=O) groups excluding carboxylic acids is 1. The summed E-state index contributed by atoms with van der Waals surface area (Å²) in [6, 6.07) is 4.20. The summed E-state index contributed by atoms with van der Waals surface area (Å²) in [5, 5.41) is 15.3. The molecule has 8 nitrogen and oxygen atoms in total. The van der Waals surface area contributed by atoms with Crippen LogP contribution in [0.15, 0.2) is 23.5 Å². The van der Waals surface area contributed by atoms with Crippen molar-refractivity contribution in [1.82, 2.24) is 30.5 Å². The highest BCUT2D eigenvalue weighted by Gasteiger charge is 2.28. The van der Waals surface area contributed by atoms with Crippen LogP contribution in [0, 0.1) is 0 Å². The minimum Gasteiger partial charge on any atom is -0.474 e. The number of hydrogen-bond donors (Lipinski definition) is 1. The second kappa shape index (κ2) is 8.03. The molecule has 2 aliphatic rings. The molecule has 2 aliphatic carbocycles. The monoisotopic (exact) mass is 374 g/mol. The summed E-state index contributed by atoms with van der Waals surface area (Å²) in [5.74, 6) is 0.890. The molecule has 1 amide bonds. The molecule has 0 aromatic carbocycles. The Morgan fingerprint density at radius 3 is 2.96 bits per heavy atom. The summed E-state index contributed by atoms with van der Waals surface area (Å²) in [6.45, 7) is 0.455. The molecule has 2 aromatic heterocycles. The van der Waals surface area contributed by atoms with Crippen molar-refractivity contribution >= 4 is 17.7 Å². The average Bonchev–Trinajstić information content (AvgIpc) is 3.16. The number of ether oxygens (including phenoxy) is 1. The van der Waals surface area contributed by atoms with Gasteiger partial charge in [0, 0.05) is 18.8 Å². The van der Waals surface area contributed by atoms with E-state index in [0.29, 0.717) is 29.4 Å². The molecule has 0 aliphatic heterocycles. The van der Waals surface area contributed by atoms with Crippen LogP contribution in [0.25, 0.3) is 0 Å². The number of nitrogens with zero attached hydrogens (tertiary/aromatic N) is 5. The standard InChI is InChI=1S/C17H22N6O2S/c24-15(11-26-17-20-21-22-23(17)13-5-6-13)19-10-12-7-8-18-16(9-12)25-14-3-1-2-4-14/h7-9,13-14H,1-6,10-11H2,(H,19,24). The van der Waals surface area contributed by atoms with Gasteiger partial charge in [-0.15, -0.1) is 5.10 Å². The first kappa shape index (κ1) is 17.3. The lowest BCUT2D eigenvalue weighted by Gasteiger charge is -2.13. The number of aromatic nitrogens is 5. The minimum absolute atomic E-state index is 0.0459. The Balaban J connectivity index is 1.24. The van der Waals surface area contributed by atoms with Crippen LogP contribution in [0.4, 0.5) is 0 Å². The van der Waals surface area contributed by atoms with Gasteiger partial charge >= 0.3 is 0 Å². The van der Waals surface area contributed by atoms with Gasteiger partial charge in [0.1, 0.15) is 6.10 Å². The van der Waals surface area contributed by atoms with E-state index in [-0.39, 0.29) is 12.0 Å². The van der Waals surface area contributed by atoms with Gasteiger partial charge < -0.3 is 10.1 Å². The Morgan fingerprint density at radius 2 is 2.15 bits per heavy atom. The SMILES string of the molecule is O=C(CSc1nnnn1C1CC1)NCc1ccnc(OC2CCCC2)c1. The van der Waals surface area contributed by atoms with Gasteiger partial charge in [-0.1, -0.05) is 11.8 Å². The zero-order valence-electron chi connectivity index (χ0n) is 14.5. The molecule has 0 atom stereocenters. The first-order valence-electron chi connectivity index (χ1n) is 9.07. The van der Waals surface area contributed by atoms with E-state index in [2.05, 4.69) is 25.8 Å². The highest BCUT2D eigenvalue weighted by Crippen LogP contribution is 2.36. The van der Waals surface area contributed by atoms with Gasteiger partial charge in [0.15, 0.2) is 0 Å². The molecule has 4 rings (SSSR count). The molecule has 2 fully saturated rings. The maximum Gasteiger partial charge on any atom is 0.230 e. The fraction of sp³-hybridized carbons (Fsp3) is 0.588. The summed E-state index contributed by atoms with van der Waals surface area (Å²) in [7, 11) is 0. The van der Waals surface area contributed by atoms with Gasteiger partial charge in [-0.05, 0) is 60.6 Å². The van der Waals surface area contributed by atoms with E-state index < -0.39 is 0 Å². The Labute approximate surface area is 156 Å². The fourth-order valence-corrected chi connectivity index (χ4v) is 3.79. The summed E-state index contributed by atoms with van der Waals surface area (Å²) in [4.78, 5) is 16.4. The number of nitrogens with one attached hydrogen (secondary N) is 1. The van der Waals surface area contributed by atoms with E-state index >= 15 is 0 Å². The summed E-state index contributed by atoms with van der Waals surface area (Å²) >= 11 is 1.37. The molecule has 26 heavy (non-hydrogen) atoms. The Morgan fingerprint density at radius 1 is 1.31 bits per heavy atom. The molecular weight excluding hydrogens is 352 g/mol. The molecule has 2 saturated carbocycles. The van der Waals surface area contributed by atoms with E-state index in [0.717, 1.165) is 31.2 Å². The van der Waals surface area contributed by atoms with Crippen LogP contribution in [-0.4, -0.2) is 43.0 Å². The van der Waals surface area contributed by atoms with Crippen molar-refractivity contribution in [2.24, 2.45) is 0 Å². The fourth-order valence-electron chi connectivity index (χ4n) is 3.01. The van der Waals surface area contributed by atoms with E-state index in [1.54, 1.807) is 6.20 Å². The van der Waals surface area contributed by atoms with Crippen molar-refractivity contribution in [2.75, 3.05) is 5.75 Å². The molecule has 9 heteroatoms. The normalized spacial score (nSPS) is 17.4. The zero-order valence-corrected chi connectivity index (χ0v) is 15.3. The quantitative estimate of drug-likeness (QED) is 0.707. The van der Waals surface area contributed by atoms with Crippen molar-refractivity contribution in [3.05, 3.63) is 23.9 Å². The maximum absolute atomic E-state index is 12.1. The molecular formula is C17H22N6O2S. The maximum atomic E-state index is 12.1. The van der Waals surface area contributed by atoms with Crippen LogP contribution < -0.4 is 10.1 Å². The first-order valence-corrected chi connectivity index (χ1v) is 10.1. The molecule has 2 heterocycles. The van der Waals surface area contributed by atoms with Crippen molar-refractivity contribution < 1.29 is 9.53 Å². The lowest BCUT2D eigenvalue weighted by atomic mass is 10.2. The van der Waals surface area contributed by atoms with Gasteiger partial charge in [0.25, 0.3) is 0 Å². The lowest BCUT2D eigenvalue weighted by molar-refractivity contribution is -0.118. The second-order valence-electron chi connectivity index (χ2n) is 6.73. The molecule has 138 valence electrons. The third-order valence-electron chi connectivity index (χ3n) is 4.57. The highest BCUT2D eigenvalue weighted by atomic mass is 32.2. The van der Waals surface area contributed by atoms with Gasteiger partial charge in [-0.25, -0.2) is 9.67 Å². The van der Waals surface area contributed by atoms with E-state index in [4.69, 9.17) is 4.74 Å². The van der Waals surface area contributed by atoms with Crippen LogP contribution in [-0.2, 0) is 11.3 Å². The molecule has 0 bridgehead atoms. The Hall–Kier alpha value is -2.16. The largest absolute Gasteiger partial charge is 0.474 e. The van der Waals surface area contributed by atoms with Gasteiger partial charge in [-0.2, -0.15) is 0 Å².